The van der Waals surface area contributed by atoms with Crippen LogP contribution >= 0.6 is 11.8 Å². The van der Waals surface area contributed by atoms with E-state index in [1.165, 1.54) is 36.1 Å². The lowest BCUT2D eigenvalue weighted by Crippen LogP contribution is -2.63. The van der Waals surface area contributed by atoms with Crippen molar-refractivity contribution in [2.45, 2.75) is 93.0 Å². The van der Waals surface area contributed by atoms with Crippen molar-refractivity contribution in [3.63, 3.8) is 0 Å². The molecule has 1 amide bonds. The molecule has 4 heteroatoms. The van der Waals surface area contributed by atoms with Crippen molar-refractivity contribution in [2.24, 2.45) is 22.5 Å². The van der Waals surface area contributed by atoms with Gasteiger partial charge in [-0.2, -0.15) is 0 Å². The molecular weight excluding hydrogens is 448 g/mol. The smallest absolute Gasteiger partial charge is 0.226 e. The van der Waals surface area contributed by atoms with Crippen molar-refractivity contribution < 1.29 is 4.79 Å². The number of amides is 1. The highest BCUT2D eigenvalue weighted by Crippen LogP contribution is 2.69. The van der Waals surface area contributed by atoms with E-state index >= 15 is 0 Å². The highest BCUT2D eigenvalue weighted by molar-refractivity contribution is 7.99. The molecule has 2 aromatic carbocycles. The van der Waals surface area contributed by atoms with Crippen LogP contribution in [0.25, 0.3) is 0 Å². The van der Waals surface area contributed by atoms with Gasteiger partial charge in [0.2, 0.25) is 5.91 Å². The minimum Gasteiger partial charge on any atom is -0.353 e. The van der Waals surface area contributed by atoms with Crippen molar-refractivity contribution in [3.05, 3.63) is 66.2 Å². The summed E-state index contributed by atoms with van der Waals surface area (Å²) in [6.07, 6.45) is 12.3. The third-order valence-corrected chi connectivity index (χ3v) is 11.4. The maximum Gasteiger partial charge on any atom is 0.226 e. The van der Waals surface area contributed by atoms with Gasteiger partial charge in [0.1, 0.15) is 0 Å². The van der Waals surface area contributed by atoms with Gasteiger partial charge >= 0.3 is 0 Å². The van der Waals surface area contributed by atoms with Crippen LogP contribution in [0.15, 0.2) is 65.6 Å². The van der Waals surface area contributed by atoms with E-state index in [0.717, 1.165) is 56.6 Å². The molecule has 186 valence electrons. The highest BCUT2D eigenvalue weighted by atomic mass is 32.2. The largest absolute Gasteiger partial charge is 0.353 e. The lowest BCUT2D eigenvalue weighted by Gasteiger charge is -2.65. The van der Waals surface area contributed by atoms with Gasteiger partial charge < -0.3 is 11.1 Å². The van der Waals surface area contributed by atoms with Crippen molar-refractivity contribution in [1.82, 2.24) is 5.32 Å². The summed E-state index contributed by atoms with van der Waals surface area (Å²) in [4.78, 5) is 15.6. The quantitative estimate of drug-likeness (QED) is 0.459. The molecule has 0 aromatic heterocycles. The molecule has 0 radical (unpaired) electrons. The molecule has 3 nitrogen and oxygen atoms in total. The van der Waals surface area contributed by atoms with E-state index in [4.69, 9.17) is 5.73 Å². The maximum absolute atomic E-state index is 14.2. The Labute approximate surface area is 215 Å². The number of rotatable bonds is 6. The SMILES string of the molecule is NC1CCC(NC(=O)C23CCC4CCC(c5ccccc5)(C2)CC4(CSc2ccccc2)C3)CC1. The molecule has 35 heavy (non-hydrogen) atoms. The minimum absolute atomic E-state index is 0.125. The molecule has 4 aliphatic carbocycles. The second-order valence-electron chi connectivity index (χ2n) is 12.3. The number of carbonyl (C=O) groups is 1. The van der Waals surface area contributed by atoms with Crippen LogP contribution in [0.1, 0.15) is 76.2 Å². The number of thioether (sulfide) groups is 1. The fourth-order valence-corrected chi connectivity index (χ4v) is 9.71. The maximum atomic E-state index is 14.2. The van der Waals surface area contributed by atoms with E-state index in [9.17, 15) is 4.79 Å². The third-order valence-electron chi connectivity index (χ3n) is 10.1. The lowest BCUT2D eigenvalue weighted by molar-refractivity contribution is -0.156. The Hall–Kier alpha value is -1.78. The van der Waals surface area contributed by atoms with Crippen LogP contribution < -0.4 is 11.1 Å². The second kappa shape index (κ2) is 9.27. The van der Waals surface area contributed by atoms with Gasteiger partial charge in [-0.05, 0) is 105 Å². The number of carbonyl (C=O) groups excluding carboxylic acids is 1. The molecule has 0 spiro atoms. The minimum atomic E-state index is -0.234. The number of nitrogens with one attached hydrogen (secondary N) is 1. The molecule has 6 rings (SSSR count). The lowest BCUT2D eigenvalue weighted by atomic mass is 9.40. The zero-order chi connectivity index (χ0) is 23.9. The number of hydrogen-bond donors (Lipinski definition) is 2. The molecule has 2 aromatic rings. The van der Waals surface area contributed by atoms with Crippen molar-refractivity contribution in [1.29, 1.82) is 0 Å². The van der Waals surface area contributed by atoms with E-state index in [-0.39, 0.29) is 16.2 Å². The fourth-order valence-electron chi connectivity index (χ4n) is 8.46. The van der Waals surface area contributed by atoms with Crippen LogP contribution in [0.3, 0.4) is 0 Å². The van der Waals surface area contributed by atoms with E-state index in [0.29, 0.717) is 18.0 Å². The highest BCUT2D eigenvalue weighted by Gasteiger charge is 2.64. The molecule has 0 aliphatic heterocycles. The summed E-state index contributed by atoms with van der Waals surface area (Å²) in [6, 6.07) is 22.7. The summed E-state index contributed by atoms with van der Waals surface area (Å²) >= 11 is 2.02. The van der Waals surface area contributed by atoms with Gasteiger partial charge in [-0.15, -0.1) is 11.8 Å². The Morgan fingerprint density at radius 2 is 1.54 bits per heavy atom. The van der Waals surface area contributed by atoms with E-state index in [1.54, 1.807) is 0 Å². The number of fused-ring (bicyclic) bond motifs is 2. The number of benzene rings is 2. The zero-order valence-electron chi connectivity index (χ0n) is 20.9. The van der Waals surface area contributed by atoms with Crippen molar-refractivity contribution in [3.8, 4) is 0 Å². The summed E-state index contributed by atoms with van der Waals surface area (Å²) in [5.74, 6) is 2.22. The fraction of sp³-hybridized carbons (Fsp3) is 0.581. The Kier molecular flexibility index (Phi) is 6.25. The third kappa shape index (κ3) is 4.35. The van der Waals surface area contributed by atoms with Crippen molar-refractivity contribution >= 4 is 17.7 Å². The Morgan fingerprint density at radius 1 is 0.857 bits per heavy atom. The molecule has 0 saturated heterocycles. The number of nitrogens with two attached hydrogens (primary N) is 1. The summed E-state index contributed by atoms with van der Waals surface area (Å²) in [5, 5.41) is 3.57. The van der Waals surface area contributed by atoms with Gasteiger partial charge in [-0.25, -0.2) is 0 Å². The first kappa shape index (κ1) is 23.6. The standard InChI is InChI=1S/C31H40N2OS/c32-25-11-13-26(14-12-25)33-28(34)30-18-16-24-15-17-29(19-30,23-7-3-1-4-8-23)20-31(24,21-30)22-35-27-9-5-2-6-10-27/h1-10,24-26H,11-22,32H2,(H,33,34). The Morgan fingerprint density at radius 3 is 2.29 bits per heavy atom. The van der Waals surface area contributed by atoms with E-state index < -0.39 is 0 Å². The van der Waals surface area contributed by atoms with Crippen molar-refractivity contribution in [2.75, 3.05) is 5.75 Å². The molecule has 3 bridgehead atoms. The van der Waals surface area contributed by atoms with Gasteiger partial charge in [0.25, 0.3) is 0 Å². The van der Waals surface area contributed by atoms with E-state index in [1.807, 2.05) is 11.8 Å². The van der Waals surface area contributed by atoms with Gasteiger partial charge in [-0.1, -0.05) is 48.5 Å². The van der Waals surface area contributed by atoms with Crippen LogP contribution in [-0.4, -0.2) is 23.7 Å². The van der Waals surface area contributed by atoms with Crippen LogP contribution in [0.4, 0.5) is 0 Å². The molecular formula is C31H40N2OS. The van der Waals surface area contributed by atoms with Crippen LogP contribution in [-0.2, 0) is 10.2 Å². The summed E-state index contributed by atoms with van der Waals surface area (Å²) in [7, 11) is 0. The van der Waals surface area contributed by atoms with Gasteiger partial charge in [0.05, 0.1) is 5.41 Å². The topological polar surface area (TPSA) is 55.1 Å². The molecule has 4 aliphatic rings. The predicted molar refractivity (Wildman–Crippen MR) is 144 cm³/mol. The summed E-state index contributed by atoms with van der Waals surface area (Å²) < 4.78 is 0. The first-order valence-electron chi connectivity index (χ1n) is 13.8. The molecule has 4 fully saturated rings. The summed E-state index contributed by atoms with van der Waals surface area (Å²) in [6.45, 7) is 0. The number of hydrogen-bond acceptors (Lipinski definition) is 3. The molecule has 3 N–H and O–H groups in total. The molecule has 4 unspecified atom stereocenters. The Bertz CT molecular complexity index is 1040. The second-order valence-corrected chi connectivity index (χ2v) is 13.3. The average molecular weight is 489 g/mol. The van der Waals surface area contributed by atoms with Crippen LogP contribution in [0.5, 0.6) is 0 Å². The van der Waals surface area contributed by atoms with E-state index in [2.05, 4.69) is 66.0 Å². The molecule has 0 heterocycles. The monoisotopic (exact) mass is 488 g/mol. The van der Waals surface area contributed by atoms with Crippen LogP contribution in [0, 0.1) is 16.7 Å². The first-order valence-corrected chi connectivity index (χ1v) is 14.8. The average Bonchev–Trinajstić information content (AvgIpc) is 2.89. The Balaban J connectivity index is 1.33. The zero-order valence-corrected chi connectivity index (χ0v) is 21.7. The van der Waals surface area contributed by atoms with Gasteiger partial charge in [0, 0.05) is 22.7 Å². The van der Waals surface area contributed by atoms with Crippen LogP contribution in [0.2, 0.25) is 0 Å². The molecule has 4 atom stereocenters. The predicted octanol–water partition coefficient (Wildman–Crippen LogP) is 6.46. The van der Waals surface area contributed by atoms with Gasteiger partial charge in [-0.3, -0.25) is 4.79 Å². The van der Waals surface area contributed by atoms with Gasteiger partial charge in [0.15, 0.2) is 0 Å². The first-order chi connectivity index (χ1) is 17.0. The molecule has 4 saturated carbocycles. The summed E-state index contributed by atoms with van der Waals surface area (Å²) in [5.41, 5.74) is 7.75. The normalized spacial score (nSPS) is 38.1.